The molecule has 4 rings (SSSR count). The van der Waals surface area contributed by atoms with Crippen LogP contribution >= 0.6 is 0 Å². The van der Waals surface area contributed by atoms with E-state index < -0.39 is 0 Å². The Kier molecular flexibility index (Phi) is 64.7. The third kappa shape index (κ3) is 50.8. The number of hydrogen-bond acceptors (Lipinski definition) is 28. The summed E-state index contributed by atoms with van der Waals surface area (Å²) in [6.45, 7) is 25.6. The van der Waals surface area contributed by atoms with Crippen molar-refractivity contribution in [1.29, 1.82) is 0 Å². The SMILES string of the molecule is COCCOCCOCCOCCOCCOCCOCCOCCOCCOCCOCCOCCCC1(CCCOCCOCCOCCOCCOCCOCCOCCOCCOCCOCCOCCOC)c2cc(OCCCCN)ccc2-c2ccc(-c3ccc(OCCCCN)cc3)cc21. The summed E-state index contributed by atoms with van der Waals surface area (Å²) >= 11 is 0. The number of nitrogens with two attached hydrogens (primary N) is 2. The third-order valence-corrected chi connectivity index (χ3v) is 16.3. The lowest BCUT2D eigenvalue weighted by molar-refractivity contribution is -0.0281. The van der Waals surface area contributed by atoms with E-state index in [9.17, 15) is 0 Å². The largest absolute Gasteiger partial charge is 0.494 e. The first-order valence-corrected chi connectivity index (χ1v) is 38.9. The predicted molar refractivity (Wildman–Crippen MR) is 406 cm³/mol. The molecule has 0 saturated heterocycles. The summed E-state index contributed by atoms with van der Waals surface area (Å²) in [7, 11) is 3.29. The number of unbranched alkanes of at least 4 members (excludes halogenated alkanes) is 2. The molecule has 0 amide bonds. The predicted octanol–water partition coefficient (Wildman–Crippen LogP) is 7.07. The van der Waals surface area contributed by atoms with E-state index in [1.807, 2.05) is 0 Å². The lowest BCUT2D eigenvalue weighted by Gasteiger charge is -2.33. The molecule has 3 aromatic rings. The fourth-order valence-corrected chi connectivity index (χ4v) is 10.9. The van der Waals surface area contributed by atoms with E-state index >= 15 is 0 Å². The van der Waals surface area contributed by atoms with Gasteiger partial charge in [-0.05, 0) is 128 Å². The zero-order valence-electron chi connectivity index (χ0n) is 65.1. The van der Waals surface area contributed by atoms with Crippen molar-refractivity contribution in [1.82, 2.24) is 0 Å². The highest BCUT2D eigenvalue weighted by Gasteiger charge is 2.43. The van der Waals surface area contributed by atoms with E-state index in [-0.39, 0.29) is 5.41 Å². The summed E-state index contributed by atoms with van der Waals surface area (Å²) in [6.07, 6.45) is 7.02. The van der Waals surface area contributed by atoms with Gasteiger partial charge in [-0.1, -0.05) is 30.3 Å². The summed E-state index contributed by atoms with van der Waals surface area (Å²) in [5.41, 5.74) is 18.5. The maximum atomic E-state index is 6.40. The average molecular weight is 1530 g/mol. The first-order chi connectivity index (χ1) is 53.2. The van der Waals surface area contributed by atoms with Crippen molar-refractivity contribution < 1.29 is 123 Å². The molecule has 0 aromatic heterocycles. The highest BCUT2D eigenvalue weighted by atomic mass is 16.6. The van der Waals surface area contributed by atoms with Crippen molar-refractivity contribution in [3.63, 3.8) is 0 Å². The molecule has 0 bridgehead atoms. The van der Waals surface area contributed by atoms with Gasteiger partial charge in [0, 0.05) is 32.8 Å². The van der Waals surface area contributed by atoms with Gasteiger partial charge in [0.25, 0.3) is 0 Å². The zero-order valence-corrected chi connectivity index (χ0v) is 65.1. The van der Waals surface area contributed by atoms with E-state index in [1.54, 1.807) is 14.2 Å². The first-order valence-electron chi connectivity index (χ1n) is 38.9. The highest BCUT2D eigenvalue weighted by molar-refractivity contribution is 5.84. The number of hydrogen-bond donors (Lipinski definition) is 2. The van der Waals surface area contributed by atoms with Gasteiger partial charge in [0.05, 0.1) is 304 Å². The zero-order chi connectivity index (χ0) is 75.6. The summed E-state index contributed by atoms with van der Waals surface area (Å²) in [4.78, 5) is 0. The molecule has 1 aliphatic carbocycles. The summed E-state index contributed by atoms with van der Waals surface area (Å²) < 4.78 is 147. The molecule has 0 unspecified atom stereocenters. The summed E-state index contributed by atoms with van der Waals surface area (Å²) in [6, 6.07) is 21.9. The highest BCUT2D eigenvalue weighted by Crippen LogP contribution is 2.55. The van der Waals surface area contributed by atoms with Crippen LogP contribution in [-0.4, -0.2) is 344 Å². The first kappa shape index (κ1) is 95.6. The Bertz CT molecular complexity index is 2320. The Morgan fingerprint density at radius 3 is 0.710 bits per heavy atom. The van der Waals surface area contributed by atoms with Crippen molar-refractivity contribution in [2.75, 3.05) is 344 Å². The van der Waals surface area contributed by atoms with Crippen LogP contribution in [0.15, 0.2) is 60.7 Å². The maximum Gasteiger partial charge on any atom is 0.119 e. The van der Waals surface area contributed by atoms with E-state index in [0.29, 0.717) is 330 Å². The Balaban J connectivity index is 1.06. The molecule has 0 heterocycles. The van der Waals surface area contributed by atoms with Gasteiger partial charge in [0.1, 0.15) is 11.5 Å². The molecule has 3 aromatic carbocycles. The molecule has 4 N–H and O–H groups in total. The van der Waals surface area contributed by atoms with E-state index in [4.69, 9.17) is 135 Å². The molecule has 0 radical (unpaired) electrons. The summed E-state index contributed by atoms with van der Waals surface area (Å²) in [5, 5.41) is 0. The Labute approximate surface area is 638 Å². The van der Waals surface area contributed by atoms with Crippen LogP contribution in [-0.2, 0) is 119 Å². The summed E-state index contributed by atoms with van der Waals surface area (Å²) in [5.74, 6) is 1.71. The van der Waals surface area contributed by atoms with Gasteiger partial charge in [0.2, 0.25) is 0 Å². The number of ether oxygens (including phenoxy) is 26. The minimum Gasteiger partial charge on any atom is -0.494 e. The minimum absolute atomic E-state index is 0.343. The van der Waals surface area contributed by atoms with Gasteiger partial charge in [0.15, 0.2) is 0 Å². The maximum absolute atomic E-state index is 6.40. The van der Waals surface area contributed by atoms with Crippen LogP contribution in [0.4, 0.5) is 0 Å². The van der Waals surface area contributed by atoms with Gasteiger partial charge in [-0.3, -0.25) is 0 Å². The molecule has 0 aliphatic heterocycles. The van der Waals surface area contributed by atoms with Gasteiger partial charge >= 0.3 is 0 Å². The second-order valence-electron chi connectivity index (χ2n) is 24.4. The molecule has 1 aliphatic rings. The van der Waals surface area contributed by atoms with Crippen molar-refractivity contribution in [3.8, 4) is 33.8 Å². The lowest BCUT2D eigenvalue weighted by Crippen LogP contribution is -2.27. The third-order valence-electron chi connectivity index (χ3n) is 16.3. The monoisotopic (exact) mass is 1530 g/mol. The minimum atomic E-state index is -0.343. The molecular weight excluding hydrogens is 1390 g/mol. The van der Waals surface area contributed by atoms with Gasteiger partial charge in [-0.15, -0.1) is 0 Å². The molecule has 0 atom stereocenters. The van der Waals surface area contributed by atoms with Crippen molar-refractivity contribution >= 4 is 0 Å². The number of methoxy groups -OCH3 is 2. The van der Waals surface area contributed by atoms with Crippen molar-refractivity contribution in [3.05, 3.63) is 71.8 Å². The Morgan fingerprint density at radius 1 is 0.215 bits per heavy atom. The fourth-order valence-electron chi connectivity index (χ4n) is 10.9. The van der Waals surface area contributed by atoms with E-state index in [1.165, 1.54) is 22.3 Å². The molecular formula is C79H136N2O26. The van der Waals surface area contributed by atoms with Gasteiger partial charge in [-0.25, -0.2) is 0 Å². The second kappa shape index (κ2) is 72.5. The second-order valence-corrected chi connectivity index (χ2v) is 24.4. The van der Waals surface area contributed by atoms with Crippen LogP contribution in [0.5, 0.6) is 11.5 Å². The van der Waals surface area contributed by atoms with Crippen LogP contribution in [0.3, 0.4) is 0 Å². The molecule has 618 valence electrons. The molecule has 0 saturated carbocycles. The van der Waals surface area contributed by atoms with Crippen molar-refractivity contribution in [2.45, 2.75) is 56.8 Å². The Hall–Kier alpha value is -3.78. The van der Waals surface area contributed by atoms with Crippen LogP contribution in [0, 0.1) is 0 Å². The van der Waals surface area contributed by atoms with Crippen LogP contribution in [0.2, 0.25) is 0 Å². The van der Waals surface area contributed by atoms with E-state index in [2.05, 4.69) is 60.7 Å². The molecule has 28 heteroatoms. The van der Waals surface area contributed by atoms with Gasteiger partial charge in [-0.2, -0.15) is 0 Å². The van der Waals surface area contributed by atoms with Gasteiger partial charge < -0.3 is 135 Å². The Morgan fingerprint density at radius 2 is 0.439 bits per heavy atom. The average Bonchev–Trinajstić information content (AvgIpc) is 1.57. The standard InChI is InChI=1S/C79H136N2O26/c1-82-25-27-86-33-35-90-41-43-94-49-51-98-57-59-102-65-67-104-63-61-100-55-53-96-47-45-92-39-37-88-31-29-84-21-7-17-79(77-69-72(71-9-12-73(13-10-71)106-23-5-3-19-80)11-15-75(77)76-16-14-74(70-78(76)79)107-24-6-4-20-81)18-8-22-85-30-32-89-38-40-93-46-48-97-54-56-101-62-64-105-68-66-103-60-58-99-52-50-95-44-42-91-36-34-87-28-26-83-2/h9-16,69-70H,3-8,17-68,80-81H2,1-2H3. The van der Waals surface area contributed by atoms with Crippen molar-refractivity contribution in [2.24, 2.45) is 11.5 Å². The molecule has 28 nitrogen and oxygen atoms in total. The van der Waals surface area contributed by atoms with Crippen LogP contribution in [0.25, 0.3) is 22.3 Å². The van der Waals surface area contributed by atoms with Crippen LogP contribution in [0.1, 0.15) is 62.5 Å². The molecule has 0 fully saturated rings. The van der Waals surface area contributed by atoms with Crippen LogP contribution < -0.4 is 20.9 Å². The quantitative estimate of drug-likeness (QED) is 0.0534. The van der Waals surface area contributed by atoms with E-state index in [0.717, 1.165) is 74.0 Å². The number of benzene rings is 3. The molecule has 107 heavy (non-hydrogen) atoms. The number of rotatable bonds is 85. The lowest BCUT2D eigenvalue weighted by atomic mass is 9.71. The normalized spacial score (nSPS) is 12.4. The smallest absolute Gasteiger partial charge is 0.119 e. The topological polar surface area (TPSA) is 292 Å². The number of fused-ring (bicyclic) bond motifs is 3. The molecule has 0 spiro atoms. The fraction of sp³-hybridized carbons (Fsp3) is 0.772.